The van der Waals surface area contributed by atoms with Gasteiger partial charge in [-0.2, -0.15) is 0 Å². The number of pyridine rings is 1. The fraction of sp³-hybridized carbons (Fsp3) is 0.389. The first kappa shape index (κ1) is 15.5. The molecule has 0 radical (unpaired) electrons. The van der Waals surface area contributed by atoms with Crippen LogP contribution in [0.25, 0.3) is 0 Å². The number of rotatable bonds is 6. The van der Waals surface area contributed by atoms with E-state index in [2.05, 4.69) is 73.4 Å². The van der Waals surface area contributed by atoms with Crippen LogP contribution in [0.4, 0.5) is 11.4 Å². The molecule has 0 fully saturated rings. The number of nitrogens with one attached hydrogen (secondary N) is 1. The first-order valence-electron chi connectivity index (χ1n) is 7.60. The molecule has 112 valence electrons. The molecule has 0 atom stereocenters. The van der Waals surface area contributed by atoms with E-state index < -0.39 is 0 Å². The summed E-state index contributed by atoms with van der Waals surface area (Å²) in [7, 11) is 2.11. The van der Waals surface area contributed by atoms with Crippen molar-refractivity contribution in [1.29, 1.82) is 0 Å². The summed E-state index contributed by atoms with van der Waals surface area (Å²) in [5.41, 5.74) is 4.98. The monoisotopic (exact) mass is 283 g/mol. The minimum atomic E-state index is 0.465. The Labute approximate surface area is 128 Å². The van der Waals surface area contributed by atoms with E-state index in [1.54, 1.807) is 0 Å². The van der Waals surface area contributed by atoms with Crippen LogP contribution in [-0.2, 0) is 13.0 Å². The van der Waals surface area contributed by atoms with Gasteiger partial charge in [0.15, 0.2) is 0 Å². The molecule has 21 heavy (non-hydrogen) atoms. The van der Waals surface area contributed by atoms with E-state index in [-0.39, 0.29) is 0 Å². The Morgan fingerprint density at radius 3 is 2.48 bits per heavy atom. The lowest BCUT2D eigenvalue weighted by atomic mass is 10.1. The Bertz CT molecular complexity index is 561. The fourth-order valence-corrected chi connectivity index (χ4v) is 2.29. The highest BCUT2D eigenvalue weighted by Crippen LogP contribution is 2.26. The lowest BCUT2D eigenvalue weighted by molar-refractivity contribution is 0.588. The number of aromatic nitrogens is 1. The van der Waals surface area contributed by atoms with Crippen molar-refractivity contribution >= 4 is 11.4 Å². The summed E-state index contributed by atoms with van der Waals surface area (Å²) >= 11 is 0. The lowest BCUT2D eigenvalue weighted by Gasteiger charge is -2.23. The number of anilines is 2. The molecule has 0 saturated heterocycles. The largest absolute Gasteiger partial charge is 0.344 e. The maximum absolute atomic E-state index is 4.26. The van der Waals surface area contributed by atoms with Crippen LogP contribution in [0.1, 0.15) is 31.9 Å². The van der Waals surface area contributed by atoms with Gasteiger partial charge in [0.25, 0.3) is 0 Å². The quantitative estimate of drug-likeness (QED) is 0.871. The lowest BCUT2D eigenvalue weighted by Crippen LogP contribution is -2.23. The molecule has 0 aliphatic rings. The molecule has 0 spiro atoms. The zero-order chi connectivity index (χ0) is 15.2. The van der Waals surface area contributed by atoms with Crippen LogP contribution in [0.5, 0.6) is 0 Å². The van der Waals surface area contributed by atoms with E-state index in [9.17, 15) is 0 Å². The zero-order valence-corrected chi connectivity index (χ0v) is 13.4. The maximum atomic E-state index is 4.26. The number of benzene rings is 1. The van der Waals surface area contributed by atoms with Crippen LogP contribution in [0, 0.1) is 0 Å². The van der Waals surface area contributed by atoms with Crippen LogP contribution >= 0.6 is 0 Å². The number of hydrogen-bond acceptors (Lipinski definition) is 3. The van der Waals surface area contributed by atoms with Crippen molar-refractivity contribution in [2.45, 2.75) is 39.8 Å². The molecule has 0 saturated carbocycles. The molecule has 1 heterocycles. The van der Waals surface area contributed by atoms with Gasteiger partial charge in [0.05, 0.1) is 0 Å². The summed E-state index contributed by atoms with van der Waals surface area (Å²) < 4.78 is 0. The van der Waals surface area contributed by atoms with Gasteiger partial charge in [-0.1, -0.05) is 32.9 Å². The molecular weight excluding hydrogens is 258 g/mol. The molecule has 1 N–H and O–H groups in total. The SMILES string of the molecule is CCc1ccc(N(C)c2ccncc2CNC(C)C)cc1. The third kappa shape index (κ3) is 4.05. The molecule has 3 heteroatoms. The molecule has 0 aliphatic heterocycles. The smallest absolute Gasteiger partial charge is 0.0484 e. The highest BCUT2D eigenvalue weighted by Gasteiger charge is 2.09. The van der Waals surface area contributed by atoms with Crippen LogP contribution < -0.4 is 10.2 Å². The van der Waals surface area contributed by atoms with Crippen molar-refractivity contribution < 1.29 is 0 Å². The van der Waals surface area contributed by atoms with Gasteiger partial charge in [-0.3, -0.25) is 4.98 Å². The molecule has 3 nitrogen and oxygen atoms in total. The second kappa shape index (κ2) is 7.23. The molecule has 0 aliphatic carbocycles. The average Bonchev–Trinajstić information content (AvgIpc) is 2.52. The van der Waals surface area contributed by atoms with Crippen LogP contribution in [0.2, 0.25) is 0 Å². The third-order valence-electron chi connectivity index (χ3n) is 3.67. The Morgan fingerprint density at radius 1 is 1.14 bits per heavy atom. The summed E-state index contributed by atoms with van der Waals surface area (Å²) in [6.07, 6.45) is 4.87. The van der Waals surface area contributed by atoms with Crippen molar-refractivity contribution in [2.75, 3.05) is 11.9 Å². The molecule has 2 rings (SSSR count). The van der Waals surface area contributed by atoms with Gasteiger partial charge in [-0.25, -0.2) is 0 Å². The average molecular weight is 283 g/mol. The summed E-state index contributed by atoms with van der Waals surface area (Å²) in [5, 5.41) is 3.46. The van der Waals surface area contributed by atoms with E-state index in [1.165, 1.54) is 22.5 Å². The zero-order valence-electron chi connectivity index (χ0n) is 13.4. The summed E-state index contributed by atoms with van der Waals surface area (Å²) in [5.74, 6) is 0. The van der Waals surface area contributed by atoms with E-state index in [0.29, 0.717) is 6.04 Å². The van der Waals surface area contributed by atoms with Gasteiger partial charge < -0.3 is 10.2 Å². The standard InChI is InChI=1S/C18H25N3/c1-5-15-6-8-17(9-7-15)21(4)18-10-11-19-12-16(18)13-20-14(2)3/h6-12,14,20H,5,13H2,1-4H3. The second-order valence-electron chi connectivity index (χ2n) is 5.62. The fourth-order valence-electron chi connectivity index (χ4n) is 2.29. The van der Waals surface area contributed by atoms with Gasteiger partial charge in [-0.15, -0.1) is 0 Å². The Balaban J connectivity index is 2.23. The van der Waals surface area contributed by atoms with Gasteiger partial charge >= 0.3 is 0 Å². The molecule has 0 bridgehead atoms. The van der Waals surface area contributed by atoms with E-state index in [4.69, 9.17) is 0 Å². The van der Waals surface area contributed by atoms with Crippen molar-refractivity contribution in [3.05, 3.63) is 53.9 Å². The molecule has 2 aromatic rings. The maximum Gasteiger partial charge on any atom is 0.0484 e. The van der Waals surface area contributed by atoms with Crippen molar-refractivity contribution in [1.82, 2.24) is 10.3 Å². The molecular formula is C18H25N3. The second-order valence-corrected chi connectivity index (χ2v) is 5.62. The van der Waals surface area contributed by atoms with E-state index in [1.807, 2.05) is 12.4 Å². The predicted octanol–water partition coefficient (Wildman–Crippen LogP) is 3.91. The van der Waals surface area contributed by atoms with Gasteiger partial charge in [-0.05, 0) is 30.2 Å². The highest BCUT2D eigenvalue weighted by molar-refractivity contribution is 5.65. The molecule has 1 aromatic carbocycles. The Hall–Kier alpha value is -1.87. The first-order chi connectivity index (χ1) is 10.1. The summed E-state index contributed by atoms with van der Waals surface area (Å²) in [6, 6.07) is 11.3. The van der Waals surface area contributed by atoms with Crippen molar-refractivity contribution in [3.63, 3.8) is 0 Å². The van der Waals surface area contributed by atoms with Crippen LogP contribution in [0.15, 0.2) is 42.7 Å². The minimum absolute atomic E-state index is 0.465. The number of aryl methyl sites for hydroxylation is 1. The molecule has 0 unspecified atom stereocenters. The van der Waals surface area contributed by atoms with Gasteiger partial charge in [0.1, 0.15) is 0 Å². The van der Waals surface area contributed by atoms with Crippen molar-refractivity contribution in [2.24, 2.45) is 0 Å². The predicted molar refractivity (Wildman–Crippen MR) is 90.1 cm³/mol. The third-order valence-corrected chi connectivity index (χ3v) is 3.67. The number of nitrogens with zero attached hydrogens (tertiary/aromatic N) is 2. The summed E-state index contributed by atoms with van der Waals surface area (Å²) in [6.45, 7) is 7.32. The highest BCUT2D eigenvalue weighted by atomic mass is 15.1. The van der Waals surface area contributed by atoms with Crippen LogP contribution in [0.3, 0.4) is 0 Å². The molecule has 1 aromatic heterocycles. The van der Waals surface area contributed by atoms with Gasteiger partial charge in [0.2, 0.25) is 0 Å². The van der Waals surface area contributed by atoms with Crippen molar-refractivity contribution in [3.8, 4) is 0 Å². The number of hydrogen-bond donors (Lipinski definition) is 1. The van der Waals surface area contributed by atoms with E-state index in [0.717, 1.165) is 13.0 Å². The van der Waals surface area contributed by atoms with Gasteiger partial charge in [0, 0.05) is 49.0 Å². The first-order valence-corrected chi connectivity index (χ1v) is 7.60. The molecule has 0 amide bonds. The topological polar surface area (TPSA) is 28.2 Å². The summed E-state index contributed by atoms with van der Waals surface area (Å²) in [4.78, 5) is 6.48. The minimum Gasteiger partial charge on any atom is -0.344 e. The Morgan fingerprint density at radius 2 is 1.86 bits per heavy atom. The van der Waals surface area contributed by atoms with Crippen LogP contribution in [-0.4, -0.2) is 18.1 Å². The van der Waals surface area contributed by atoms with E-state index >= 15 is 0 Å². The Kier molecular flexibility index (Phi) is 5.34. The normalized spacial score (nSPS) is 10.9.